The smallest absolute Gasteiger partial charge is 0.135 e. The van der Waals surface area contributed by atoms with Gasteiger partial charge in [-0.2, -0.15) is 0 Å². The van der Waals surface area contributed by atoms with Gasteiger partial charge in [-0.25, -0.2) is 0 Å². The van der Waals surface area contributed by atoms with E-state index in [1.165, 1.54) is 21.8 Å². The first-order chi connectivity index (χ1) is 8.22. The minimum Gasteiger partial charge on any atom is -0.495 e. The van der Waals surface area contributed by atoms with Gasteiger partial charge in [0.05, 0.1) is 17.1 Å². The van der Waals surface area contributed by atoms with Crippen molar-refractivity contribution in [3.8, 4) is 5.75 Å². The highest BCUT2D eigenvalue weighted by Gasteiger charge is 2.10. The molecule has 0 aliphatic carbocycles. The van der Waals surface area contributed by atoms with Crippen molar-refractivity contribution in [2.45, 2.75) is 0 Å². The highest BCUT2D eigenvalue weighted by atomic mass is 79.9. The largest absolute Gasteiger partial charge is 0.495 e. The van der Waals surface area contributed by atoms with Gasteiger partial charge in [0, 0.05) is 29.4 Å². The van der Waals surface area contributed by atoms with E-state index in [0.29, 0.717) is 0 Å². The summed E-state index contributed by atoms with van der Waals surface area (Å²) in [5.41, 5.74) is 2.42. The van der Waals surface area contributed by atoms with Crippen molar-refractivity contribution in [3.05, 3.63) is 40.9 Å². The van der Waals surface area contributed by atoms with Crippen LogP contribution in [0.4, 0.5) is 0 Å². The molecule has 1 aromatic heterocycles. The Hall–Kier alpha value is -1.48. The Kier molecular flexibility index (Phi) is 2.37. The van der Waals surface area contributed by atoms with E-state index in [-0.39, 0.29) is 0 Å². The third-order valence-electron chi connectivity index (χ3n) is 3.19. The Morgan fingerprint density at radius 3 is 2.59 bits per heavy atom. The standard InChI is InChI=1S/C14H12BrNO/c1-16-12-6-4-3-5-9(12)10-7-11(15)14(17-2)8-13(10)16/h3-8H,1-2H3. The molecule has 0 unspecified atom stereocenters. The quantitative estimate of drug-likeness (QED) is 0.658. The first-order valence-electron chi connectivity index (χ1n) is 5.43. The summed E-state index contributed by atoms with van der Waals surface area (Å²) in [6.07, 6.45) is 0. The summed E-state index contributed by atoms with van der Waals surface area (Å²) >= 11 is 3.54. The molecule has 0 saturated carbocycles. The normalized spacial score (nSPS) is 11.2. The number of hydrogen-bond donors (Lipinski definition) is 0. The van der Waals surface area contributed by atoms with Crippen molar-refractivity contribution in [2.24, 2.45) is 7.05 Å². The van der Waals surface area contributed by atoms with Crippen molar-refractivity contribution in [2.75, 3.05) is 7.11 Å². The molecule has 0 fully saturated rings. The third-order valence-corrected chi connectivity index (χ3v) is 3.81. The zero-order valence-electron chi connectivity index (χ0n) is 9.70. The number of aromatic nitrogens is 1. The zero-order valence-corrected chi connectivity index (χ0v) is 11.3. The van der Waals surface area contributed by atoms with E-state index in [1.54, 1.807) is 7.11 Å². The van der Waals surface area contributed by atoms with Gasteiger partial charge in [0.15, 0.2) is 0 Å². The summed E-state index contributed by atoms with van der Waals surface area (Å²) < 4.78 is 8.53. The molecule has 3 rings (SSSR count). The molecule has 0 aliphatic heterocycles. The zero-order chi connectivity index (χ0) is 12.0. The molecule has 2 nitrogen and oxygen atoms in total. The average molecular weight is 290 g/mol. The SMILES string of the molecule is COc1cc2c(cc1Br)c1ccccc1n2C. The molecule has 0 atom stereocenters. The molecular formula is C14H12BrNO. The van der Waals surface area contributed by atoms with E-state index in [4.69, 9.17) is 4.74 Å². The number of benzene rings is 2. The lowest BCUT2D eigenvalue weighted by Crippen LogP contribution is -1.88. The molecule has 0 aliphatic rings. The first-order valence-corrected chi connectivity index (χ1v) is 6.22. The summed E-state index contributed by atoms with van der Waals surface area (Å²) in [7, 11) is 3.77. The number of fused-ring (bicyclic) bond motifs is 3. The second-order valence-corrected chi connectivity index (χ2v) is 4.93. The molecule has 3 heteroatoms. The van der Waals surface area contributed by atoms with Gasteiger partial charge in [-0.3, -0.25) is 0 Å². The van der Waals surface area contributed by atoms with Gasteiger partial charge in [-0.15, -0.1) is 0 Å². The fraction of sp³-hybridized carbons (Fsp3) is 0.143. The summed E-state index contributed by atoms with van der Waals surface area (Å²) in [6, 6.07) is 12.6. The average Bonchev–Trinajstić information content (AvgIpc) is 2.63. The van der Waals surface area contributed by atoms with Crippen LogP contribution in [0.25, 0.3) is 21.8 Å². The Labute approximate surface area is 108 Å². The lowest BCUT2D eigenvalue weighted by Gasteiger charge is -2.04. The van der Waals surface area contributed by atoms with Crippen LogP contribution < -0.4 is 4.74 Å². The predicted octanol–water partition coefficient (Wildman–Crippen LogP) is 4.10. The molecule has 3 aromatic rings. The molecule has 0 bridgehead atoms. The summed E-state index contributed by atoms with van der Waals surface area (Å²) in [6.45, 7) is 0. The van der Waals surface area contributed by atoms with Crippen LogP contribution in [0.3, 0.4) is 0 Å². The van der Waals surface area contributed by atoms with Gasteiger partial charge in [0.1, 0.15) is 5.75 Å². The Bertz CT molecular complexity index is 715. The van der Waals surface area contributed by atoms with Crippen LogP contribution in [0.5, 0.6) is 5.75 Å². The van der Waals surface area contributed by atoms with E-state index in [9.17, 15) is 0 Å². The number of ether oxygens (including phenoxy) is 1. The molecule has 0 saturated heterocycles. The second kappa shape index (κ2) is 3.77. The van der Waals surface area contributed by atoms with Crippen molar-refractivity contribution in [1.29, 1.82) is 0 Å². The number of methoxy groups -OCH3 is 1. The van der Waals surface area contributed by atoms with Gasteiger partial charge in [0.2, 0.25) is 0 Å². The lowest BCUT2D eigenvalue weighted by atomic mass is 10.1. The summed E-state index contributed by atoms with van der Waals surface area (Å²) in [5, 5.41) is 2.52. The third kappa shape index (κ3) is 1.46. The van der Waals surface area contributed by atoms with Crippen LogP contribution in [-0.2, 0) is 7.05 Å². The van der Waals surface area contributed by atoms with Gasteiger partial charge < -0.3 is 9.30 Å². The molecular weight excluding hydrogens is 278 g/mol. The Morgan fingerprint density at radius 1 is 1.06 bits per heavy atom. The van der Waals surface area contributed by atoms with Crippen LogP contribution in [0.15, 0.2) is 40.9 Å². The van der Waals surface area contributed by atoms with Gasteiger partial charge in [-0.05, 0) is 28.1 Å². The number of hydrogen-bond acceptors (Lipinski definition) is 1. The van der Waals surface area contributed by atoms with Crippen molar-refractivity contribution in [1.82, 2.24) is 4.57 Å². The molecule has 1 heterocycles. The molecule has 86 valence electrons. The highest BCUT2D eigenvalue weighted by molar-refractivity contribution is 9.10. The molecule has 0 spiro atoms. The molecule has 0 amide bonds. The van der Waals surface area contributed by atoms with Crippen molar-refractivity contribution in [3.63, 3.8) is 0 Å². The Morgan fingerprint density at radius 2 is 1.82 bits per heavy atom. The lowest BCUT2D eigenvalue weighted by molar-refractivity contribution is 0.412. The highest BCUT2D eigenvalue weighted by Crippen LogP contribution is 2.35. The van der Waals surface area contributed by atoms with Crippen molar-refractivity contribution >= 4 is 37.7 Å². The number of halogens is 1. The number of aryl methyl sites for hydroxylation is 1. The molecule has 2 aromatic carbocycles. The topological polar surface area (TPSA) is 14.2 Å². The first kappa shape index (κ1) is 10.7. The Balaban J connectivity index is 2.53. The maximum absolute atomic E-state index is 5.34. The molecule has 0 N–H and O–H groups in total. The van der Waals surface area contributed by atoms with Gasteiger partial charge in [-0.1, -0.05) is 18.2 Å². The van der Waals surface area contributed by atoms with E-state index in [0.717, 1.165) is 10.2 Å². The van der Waals surface area contributed by atoms with E-state index in [2.05, 4.69) is 63.9 Å². The fourth-order valence-corrected chi connectivity index (χ4v) is 2.82. The van der Waals surface area contributed by atoms with Crippen LogP contribution >= 0.6 is 15.9 Å². The summed E-state index contributed by atoms with van der Waals surface area (Å²) in [5.74, 6) is 0.864. The fourth-order valence-electron chi connectivity index (χ4n) is 2.32. The predicted molar refractivity (Wildman–Crippen MR) is 74.7 cm³/mol. The van der Waals surface area contributed by atoms with Crippen molar-refractivity contribution < 1.29 is 4.74 Å². The van der Waals surface area contributed by atoms with E-state index in [1.807, 2.05) is 0 Å². The minimum atomic E-state index is 0.864. The maximum Gasteiger partial charge on any atom is 0.135 e. The molecule has 0 radical (unpaired) electrons. The van der Waals surface area contributed by atoms with Crippen LogP contribution in [0, 0.1) is 0 Å². The minimum absolute atomic E-state index is 0.864. The second-order valence-electron chi connectivity index (χ2n) is 4.08. The number of para-hydroxylation sites is 1. The van der Waals surface area contributed by atoms with Crippen LogP contribution in [-0.4, -0.2) is 11.7 Å². The van der Waals surface area contributed by atoms with Crippen LogP contribution in [0.1, 0.15) is 0 Å². The van der Waals surface area contributed by atoms with Crippen LogP contribution in [0.2, 0.25) is 0 Å². The summed E-state index contributed by atoms with van der Waals surface area (Å²) in [4.78, 5) is 0. The number of rotatable bonds is 1. The number of nitrogens with zero attached hydrogens (tertiary/aromatic N) is 1. The molecule has 17 heavy (non-hydrogen) atoms. The van der Waals surface area contributed by atoms with E-state index < -0.39 is 0 Å². The van der Waals surface area contributed by atoms with Gasteiger partial charge in [0.25, 0.3) is 0 Å². The van der Waals surface area contributed by atoms with E-state index >= 15 is 0 Å². The monoisotopic (exact) mass is 289 g/mol. The van der Waals surface area contributed by atoms with Gasteiger partial charge >= 0.3 is 0 Å². The maximum atomic E-state index is 5.34.